The zero-order valence-corrected chi connectivity index (χ0v) is 15.8. The minimum Gasteiger partial charge on any atom is -0.497 e. The zero-order chi connectivity index (χ0) is 18.8. The van der Waals surface area contributed by atoms with E-state index in [2.05, 4.69) is 5.32 Å². The number of hydrogen-bond acceptors (Lipinski definition) is 4. The molecule has 4 atom stereocenters. The Balaban J connectivity index is 1.66. The standard InChI is InChI=1S/C20H29N3O3/c1-12(2)18(22-19(24)13-4-7-15(26-3)8-5-13)20(25)23-10-14-6-9-17(21)16(14)11-23/h4-5,7-8,12,14,16-18H,6,9-11,21H2,1-3H3,(H,22,24). The first kappa shape index (κ1) is 18.7. The van der Waals surface area contributed by atoms with Gasteiger partial charge >= 0.3 is 0 Å². The number of nitrogens with zero attached hydrogens (tertiary/aromatic N) is 1. The van der Waals surface area contributed by atoms with Gasteiger partial charge in [0.25, 0.3) is 5.91 Å². The highest BCUT2D eigenvalue weighted by molar-refractivity contribution is 5.97. The second kappa shape index (κ2) is 7.66. The predicted molar refractivity (Wildman–Crippen MR) is 99.9 cm³/mol. The molecule has 1 aromatic carbocycles. The van der Waals surface area contributed by atoms with E-state index in [9.17, 15) is 9.59 Å². The summed E-state index contributed by atoms with van der Waals surface area (Å²) in [7, 11) is 1.58. The molecule has 0 bridgehead atoms. The van der Waals surface area contributed by atoms with Crippen LogP contribution in [0.4, 0.5) is 0 Å². The molecule has 1 saturated carbocycles. The predicted octanol–water partition coefficient (Wildman–Crippen LogP) is 1.65. The maximum absolute atomic E-state index is 13.0. The zero-order valence-electron chi connectivity index (χ0n) is 15.8. The van der Waals surface area contributed by atoms with Crippen LogP contribution in [0, 0.1) is 17.8 Å². The lowest BCUT2D eigenvalue weighted by Crippen LogP contribution is -2.51. The topological polar surface area (TPSA) is 84.7 Å². The van der Waals surface area contributed by atoms with E-state index in [1.807, 2.05) is 18.7 Å². The first-order valence-corrected chi connectivity index (χ1v) is 9.40. The fraction of sp³-hybridized carbons (Fsp3) is 0.600. The van der Waals surface area contributed by atoms with Gasteiger partial charge in [-0.3, -0.25) is 9.59 Å². The molecule has 1 aliphatic heterocycles. The molecule has 3 N–H and O–H groups in total. The fourth-order valence-electron chi connectivity index (χ4n) is 4.16. The van der Waals surface area contributed by atoms with Crippen LogP contribution in [-0.4, -0.2) is 49.0 Å². The first-order valence-electron chi connectivity index (χ1n) is 9.40. The number of ether oxygens (including phenoxy) is 1. The van der Waals surface area contributed by atoms with Crippen LogP contribution >= 0.6 is 0 Å². The van der Waals surface area contributed by atoms with Gasteiger partial charge in [0.15, 0.2) is 0 Å². The van der Waals surface area contributed by atoms with Crippen molar-refractivity contribution in [3.8, 4) is 5.75 Å². The first-order chi connectivity index (χ1) is 12.4. The molecule has 1 aromatic rings. The second-order valence-electron chi connectivity index (χ2n) is 7.83. The average Bonchev–Trinajstić information content (AvgIpc) is 3.21. The van der Waals surface area contributed by atoms with Crippen molar-refractivity contribution in [1.29, 1.82) is 0 Å². The van der Waals surface area contributed by atoms with E-state index < -0.39 is 6.04 Å². The Hall–Kier alpha value is -2.08. The molecule has 0 spiro atoms. The number of benzene rings is 1. The lowest BCUT2D eigenvalue weighted by atomic mass is 9.98. The molecule has 4 unspecified atom stereocenters. The summed E-state index contributed by atoms with van der Waals surface area (Å²) in [5.74, 6) is 1.39. The van der Waals surface area contributed by atoms with Gasteiger partial charge in [-0.15, -0.1) is 0 Å². The summed E-state index contributed by atoms with van der Waals surface area (Å²) in [6.07, 6.45) is 2.15. The maximum Gasteiger partial charge on any atom is 0.251 e. The van der Waals surface area contributed by atoms with E-state index in [1.54, 1.807) is 31.4 Å². The molecule has 2 fully saturated rings. The molecule has 6 nitrogen and oxygen atoms in total. The van der Waals surface area contributed by atoms with Crippen LogP contribution in [0.5, 0.6) is 5.75 Å². The van der Waals surface area contributed by atoms with Crippen molar-refractivity contribution in [2.75, 3.05) is 20.2 Å². The van der Waals surface area contributed by atoms with Gasteiger partial charge in [-0.1, -0.05) is 13.8 Å². The fourth-order valence-corrected chi connectivity index (χ4v) is 4.16. The number of fused-ring (bicyclic) bond motifs is 1. The monoisotopic (exact) mass is 359 g/mol. The molecule has 1 saturated heterocycles. The van der Waals surface area contributed by atoms with Crippen LogP contribution in [0.3, 0.4) is 0 Å². The SMILES string of the molecule is COc1ccc(C(=O)NC(C(=O)N2CC3CCC(N)C3C2)C(C)C)cc1. The largest absolute Gasteiger partial charge is 0.497 e. The summed E-state index contributed by atoms with van der Waals surface area (Å²) in [4.78, 5) is 27.5. The molecule has 1 heterocycles. The minimum atomic E-state index is -0.528. The molecule has 2 amide bonds. The summed E-state index contributed by atoms with van der Waals surface area (Å²) >= 11 is 0. The molecule has 26 heavy (non-hydrogen) atoms. The van der Waals surface area contributed by atoms with Gasteiger partial charge in [0, 0.05) is 24.7 Å². The van der Waals surface area contributed by atoms with Crippen LogP contribution < -0.4 is 15.8 Å². The Labute approximate surface area is 155 Å². The lowest BCUT2D eigenvalue weighted by molar-refractivity contribution is -0.133. The number of nitrogens with one attached hydrogen (secondary N) is 1. The summed E-state index contributed by atoms with van der Waals surface area (Å²) < 4.78 is 5.12. The number of likely N-dealkylation sites (tertiary alicyclic amines) is 1. The highest BCUT2D eigenvalue weighted by Gasteiger charge is 2.44. The van der Waals surface area contributed by atoms with E-state index in [-0.39, 0.29) is 23.8 Å². The summed E-state index contributed by atoms with van der Waals surface area (Å²) in [6.45, 7) is 5.39. The van der Waals surface area contributed by atoms with Crippen molar-refractivity contribution in [2.45, 2.75) is 38.8 Å². The molecule has 0 aromatic heterocycles. The van der Waals surface area contributed by atoms with E-state index in [0.717, 1.165) is 19.4 Å². The molecule has 0 radical (unpaired) electrons. The molecule has 2 aliphatic rings. The third-order valence-electron chi connectivity index (χ3n) is 5.80. The van der Waals surface area contributed by atoms with E-state index in [1.165, 1.54) is 0 Å². The van der Waals surface area contributed by atoms with Gasteiger partial charge in [0.2, 0.25) is 5.91 Å². The summed E-state index contributed by atoms with van der Waals surface area (Å²) in [5.41, 5.74) is 6.70. The Bertz CT molecular complexity index is 659. The van der Waals surface area contributed by atoms with Crippen LogP contribution in [0.25, 0.3) is 0 Å². The third-order valence-corrected chi connectivity index (χ3v) is 5.80. The highest BCUT2D eigenvalue weighted by atomic mass is 16.5. The van der Waals surface area contributed by atoms with Crippen molar-refractivity contribution in [3.05, 3.63) is 29.8 Å². The molecule has 6 heteroatoms. The molecule has 3 rings (SSSR count). The number of carbonyl (C=O) groups is 2. The van der Waals surface area contributed by atoms with Crippen LogP contribution in [0.1, 0.15) is 37.0 Å². The van der Waals surface area contributed by atoms with E-state index >= 15 is 0 Å². The van der Waals surface area contributed by atoms with E-state index in [0.29, 0.717) is 29.7 Å². The molecule has 142 valence electrons. The summed E-state index contributed by atoms with van der Waals surface area (Å²) in [6, 6.07) is 6.56. The van der Waals surface area contributed by atoms with Gasteiger partial charge in [0.1, 0.15) is 11.8 Å². The second-order valence-corrected chi connectivity index (χ2v) is 7.83. The molecule has 1 aliphatic carbocycles. The minimum absolute atomic E-state index is 0.00321. The van der Waals surface area contributed by atoms with Crippen molar-refractivity contribution in [2.24, 2.45) is 23.5 Å². The number of methoxy groups -OCH3 is 1. The quantitative estimate of drug-likeness (QED) is 0.837. The Morgan fingerprint density at radius 3 is 2.46 bits per heavy atom. The Morgan fingerprint density at radius 2 is 1.88 bits per heavy atom. The smallest absolute Gasteiger partial charge is 0.251 e. The lowest BCUT2D eigenvalue weighted by Gasteiger charge is -2.28. The number of nitrogens with two attached hydrogens (primary N) is 1. The molecular weight excluding hydrogens is 330 g/mol. The van der Waals surface area contributed by atoms with Gasteiger partial charge in [0.05, 0.1) is 7.11 Å². The number of rotatable bonds is 5. The van der Waals surface area contributed by atoms with Crippen molar-refractivity contribution >= 4 is 11.8 Å². The van der Waals surface area contributed by atoms with E-state index in [4.69, 9.17) is 10.5 Å². The Kier molecular flexibility index (Phi) is 5.51. The van der Waals surface area contributed by atoms with Gasteiger partial charge in [-0.25, -0.2) is 0 Å². The van der Waals surface area contributed by atoms with Crippen molar-refractivity contribution < 1.29 is 14.3 Å². The average molecular weight is 359 g/mol. The number of carbonyl (C=O) groups excluding carboxylic acids is 2. The number of amides is 2. The van der Waals surface area contributed by atoms with Crippen molar-refractivity contribution in [1.82, 2.24) is 10.2 Å². The summed E-state index contributed by atoms with van der Waals surface area (Å²) in [5, 5.41) is 2.92. The maximum atomic E-state index is 13.0. The van der Waals surface area contributed by atoms with Gasteiger partial charge < -0.3 is 20.7 Å². The Morgan fingerprint density at radius 1 is 1.19 bits per heavy atom. The van der Waals surface area contributed by atoms with Crippen LogP contribution in [-0.2, 0) is 4.79 Å². The van der Waals surface area contributed by atoms with Gasteiger partial charge in [-0.2, -0.15) is 0 Å². The normalized spacial score (nSPS) is 25.9. The molecular formula is C20H29N3O3. The third kappa shape index (κ3) is 3.70. The van der Waals surface area contributed by atoms with Crippen LogP contribution in [0.2, 0.25) is 0 Å². The number of hydrogen-bond donors (Lipinski definition) is 2. The van der Waals surface area contributed by atoms with Crippen LogP contribution in [0.15, 0.2) is 24.3 Å². The van der Waals surface area contributed by atoms with Crippen molar-refractivity contribution in [3.63, 3.8) is 0 Å². The highest BCUT2D eigenvalue weighted by Crippen LogP contribution is 2.37. The van der Waals surface area contributed by atoms with Gasteiger partial charge in [-0.05, 0) is 54.9 Å².